The van der Waals surface area contributed by atoms with Crippen molar-refractivity contribution >= 4 is 17.3 Å². The molecule has 2 aromatic carbocycles. The van der Waals surface area contributed by atoms with Crippen LogP contribution in [0.3, 0.4) is 0 Å². The lowest BCUT2D eigenvalue weighted by Crippen LogP contribution is -2.30. The molecule has 0 saturated heterocycles. The molecule has 0 aliphatic carbocycles. The van der Waals surface area contributed by atoms with Crippen LogP contribution in [0.15, 0.2) is 54.7 Å². The molecule has 0 spiro atoms. The van der Waals surface area contributed by atoms with Gasteiger partial charge in [-0.05, 0) is 60.7 Å². The molecular formula is C23H24ClN3O2. The second kappa shape index (κ2) is 8.01. The summed E-state index contributed by atoms with van der Waals surface area (Å²) in [6.45, 7) is 6.71. The smallest absolute Gasteiger partial charge is 0.269 e. The van der Waals surface area contributed by atoms with Crippen LogP contribution in [0, 0.1) is 24.0 Å². The number of rotatable bonds is 4. The van der Waals surface area contributed by atoms with Crippen LogP contribution in [0.1, 0.15) is 40.4 Å². The van der Waals surface area contributed by atoms with Gasteiger partial charge in [0.1, 0.15) is 0 Å². The van der Waals surface area contributed by atoms with Gasteiger partial charge in [0.15, 0.2) is 0 Å². The summed E-state index contributed by atoms with van der Waals surface area (Å²) in [5, 5.41) is 11.8. The average Bonchev–Trinajstić information content (AvgIpc) is 3.07. The van der Waals surface area contributed by atoms with Gasteiger partial charge in [0, 0.05) is 48.7 Å². The molecule has 0 saturated carbocycles. The zero-order valence-corrected chi connectivity index (χ0v) is 17.4. The van der Waals surface area contributed by atoms with E-state index in [1.54, 1.807) is 12.1 Å². The number of hydrogen-bond acceptors (Lipinski definition) is 3. The van der Waals surface area contributed by atoms with Crippen molar-refractivity contribution in [2.75, 3.05) is 6.54 Å². The number of fused-ring (bicyclic) bond motifs is 1. The van der Waals surface area contributed by atoms with Crippen molar-refractivity contribution in [2.24, 2.45) is 0 Å². The first-order valence-corrected chi connectivity index (χ1v) is 10.2. The highest BCUT2D eigenvalue weighted by Crippen LogP contribution is 2.37. The van der Waals surface area contributed by atoms with E-state index < -0.39 is 0 Å². The van der Waals surface area contributed by atoms with Crippen LogP contribution in [-0.2, 0) is 13.1 Å². The summed E-state index contributed by atoms with van der Waals surface area (Å²) in [6, 6.07) is 15.4. The molecule has 5 nitrogen and oxygen atoms in total. The predicted octanol–water partition coefficient (Wildman–Crippen LogP) is 5.66. The Balaban J connectivity index is 1.81. The monoisotopic (exact) mass is 409 g/mol. The van der Waals surface area contributed by atoms with Crippen LogP contribution in [-0.4, -0.2) is 20.9 Å². The van der Waals surface area contributed by atoms with Gasteiger partial charge in [0.05, 0.1) is 11.0 Å². The largest absolute Gasteiger partial charge is 0.350 e. The lowest BCUT2D eigenvalue weighted by Gasteiger charge is -2.33. The number of halogens is 1. The highest BCUT2D eigenvalue weighted by molar-refractivity contribution is 6.31. The molecule has 0 fully saturated rings. The third-order valence-corrected chi connectivity index (χ3v) is 6.15. The fourth-order valence-corrected chi connectivity index (χ4v) is 4.59. The zero-order chi connectivity index (χ0) is 20.5. The first-order valence-electron chi connectivity index (χ1n) is 9.83. The number of nitro groups is 1. The first kappa shape index (κ1) is 19.7. The molecular weight excluding hydrogens is 386 g/mol. The van der Waals surface area contributed by atoms with Crippen molar-refractivity contribution in [3.8, 4) is 0 Å². The van der Waals surface area contributed by atoms with Gasteiger partial charge >= 0.3 is 0 Å². The summed E-state index contributed by atoms with van der Waals surface area (Å²) >= 11 is 6.44. The second-order valence-corrected chi connectivity index (χ2v) is 8.10. The minimum atomic E-state index is -0.365. The summed E-state index contributed by atoms with van der Waals surface area (Å²) in [7, 11) is 0. The van der Waals surface area contributed by atoms with E-state index in [2.05, 4.69) is 59.8 Å². The maximum Gasteiger partial charge on any atom is 0.269 e. The average molecular weight is 410 g/mol. The normalized spacial score (nSPS) is 17.0. The highest BCUT2D eigenvalue weighted by Gasteiger charge is 2.30. The van der Waals surface area contributed by atoms with Gasteiger partial charge in [-0.2, -0.15) is 0 Å². The van der Waals surface area contributed by atoms with Gasteiger partial charge in [-0.25, -0.2) is 0 Å². The first-order chi connectivity index (χ1) is 14.0. The fourth-order valence-electron chi connectivity index (χ4n) is 4.41. The Bertz CT molecular complexity index is 1040. The molecule has 4 rings (SSSR count). The molecule has 0 N–H and O–H groups in total. The van der Waals surface area contributed by atoms with E-state index in [1.807, 2.05) is 0 Å². The summed E-state index contributed by atoms with van der Waals surface area (Å²) in [5.41, 5.74) is 5.92. The maximum atomic E-state index is 11.3. The second-order valence-electron chi connectivity index (χ2n) is 7.69. The van der Waals surface area contributed by atoms with Gasteiger partial charge in [-0.1, -0.05) is 29.8 Å². The number of nitrogens with zero attached hydrogens (tertiary/aromatic N) is 3. The van der Waals surface area contributed by atoms with Gasteiger partial charge in [-0.15, -0.1) is 0 Å². The third-order valence-electron chi connectivity index (χ3n) is 5.78. The molecule has 1 aromatic heterocycles. The van der Waals surface area contributed by atoms with Crippen LogP contribution in [0.25, 0.3) is 0 Å². The lowest BCUT2D eigenvalue weighted by molar-refractivity contribution is -0.384. The van der Waals surface area contributed by atoms with E-state index in [0.29, 0.717) is 11.6 Å². The van der Waals surface area contributed by atoms with Crippen molar-refractivity contribution < 1.29 is 4.92 Å². The number of non-ortho nitro benzene ring substituents is 1. The highest BCUT2D eigenvalue weighted by atomic mass is 35.5. The van der Waals surface area contributed by atoms with Gasteiger partial charge < -0.3 is 4.57 Å². The molecule has 6 heteroatoms. The number of hydrogen-bond donors (Lipinski definition) is 0. The van der Waals surface area contributed by atoms with Crippen molar-refractivity contribution in [3.05, 3.63) is 97.8 Å². The Morgan fingerprint density at radius 2 is 1.86 bits per heavy atom. The van der Waals surface area contributed by atoms with Crippen LogP contribution >= 0.6 is 11.6 Å². The topological polar surface area (TPSA) is 51.3 Å². The number of aromatic nitrogens is 1. The Morgan fingerprint density at radius 1 is 1.10 bits per heavy atom. The van der Waals surface area contributed by atoms with E-state index in [-0.39, 0.29) is 16.7 Å². The zero-order valence-electron chi connectivity index (χ0n) is 16.6. The van der Waals surface area contributed by atoms with Crippen LogP contribution in [0.2, 0.25) is 5.02 Å². The summed E-state index contributed by atoms with van der Waals surface area (Å²) in [6.07, 6.45) is 3.15. The number of aryl methyl sites for hydroxylation is 3. The summed E-state index contributed by atoms with van der Waals surface area (Å²) < 4.78 is 2.32. The summed E-state index contributed by atoms with van der Waals surface area (Å²) in [4.78, 5) is 13.3. The Hall–Kier alpha value is -2.63. The van der Waals surface area contributed by atoms with Gasteiger partial charge in [0.25, 0.3) is 5.69 Å². The van der Waals surface area contributed by atoms with E-state index >= 15 is 0 Å². The van der Waals surface area contributed by atoms with Crippen molar-refractivity contribution in [1.82, 2.24) is 9.47 Å². The lowest BCUT2D eigenvalue weighted by atomic mass is 9.92. The van der Waals surface area contributed by atoms with Crippen LogP contribution in [0.4, 0.5) is 5.69 Å². The fraction of sp³-hybridized carbons (Fsp3) is 0.304. The third kappa shape index (κ3) is 3.80. The molecule has 0 radical (unpaired) electrons. The molecule has 150 valence electrons. The molecule has 1 aliphatic rings. The molecule has 2 heterocycles. The van der Waals surface area contributed by atoms with Crippen LogP contribution < -0.4 is 0 Å². The quantitative estimate of drug-likeness (QED) is 0.412. The molecule has 0 bridgehead atoms. The standard InChI is InChI=1S/C23H24ClN3O2/c1-16-6-3-7-17(2)22(16)23-21-8-4-11-25(21)12-5-13-26(23)15-18-14-19(27(28)29)9-10-20(18)24/h3-4,6-11,14,23H,5,12-13,15H2,1-2H3. The van der Waals surface area contributed by atoms with Gasteiger partial charge in [0.2, 0.25) is 0 Å². The van der Waals surface area contributed by atoms with Crippen molar-refractivity contribution in [3.63, 3.8) is 0 Å². The SMILES string of the molecule is Cc1cccc(C)c1C1c2cccn2CCCN1Cc1cc([N+](=O)[O-])ccc1Cl. The van der Waals surface area contributed by atoms with E-state index in [0.717, 1.165) is 25.1 Å². The number of nitro benzene ring substituents is 1. The molecule has 3 aromatic rings. The van der Waals surface area contributed by atoms with Gasteiger partial charge in [-0.3, -0.25) is 15.0 Å². The summed E-state index contributed by atoms with van der Waals surface area (Å²) in [5.74, 6) is 0. The Morgan fingerprint density at radius 3 is 2.59 bits per heavy atom. The Labute approximate surface area is 175 Å². The van der Waals surface area contributed by atoms with Crippen LogP contribution in [0.5, 0.6) is 0 Å². The van der Waals surface area contributed by atoms with E-state index in [1.165, 1.54) is 28.5 Å². The molecule has 29 heavy (non-hydrogen) atoms. The molecule has 1 aliphatic heterocycles. The van der Waals surface area contributed by atoms with Crippen molar-refractivity contribution in [1.29, 1.82) is 0 Å². The molecule has 0 amide bonds. The van der Waals surface area contributed by atoms with E-state index in [4.69, 9.17) is 11.6 Å². The Kier molecular flexibility index (Phi) is 5.43. The number of benzene rings is 2. The molecule has 1 atom stereocenters. The van der Waals surface area contributed by atoms with E-state index in [9.17, 15) is 10.1 Å². The maximum absolute atomic E-state index is 11.3. The minimum absolute atomic E-state index is 0.0732. The van der Waals surface area contributed by atoms with Crippen molar-refractivity contribution in [2.45, 2.75) is 39.4 Å². The predicted molar refractivity (Wildman–Crippen MR) is 115 cm³/mol. The molecule has 1 unspecified atom stereocenters. The minimum Gasteiger partial charge on any atom is -0.350 e.